The summed E-state index contributed by atoms with van der Waals surface area (Å²) in [6, 6.07) is 10.7. The topological polar surface area (TPSA) is 69.4 Å². The molecule has 2 aromatic heterocycles. The zero-order valence-electron chi connectivity index (χ0n) is 14.6. The minimum atomic E-state index is -4.35. The first kappa shape index (κ1) is 17.1. The molecule has 0 amide bonds. The summed E-state index contributed by atoms with van der Waals surface area (Å²) in [5.41, 5.74) is 5.33. The maximum Gasteiger partial charge on any atom is 0.416 e. The summed E-state index contributed by atoms with van der Waals surface area (Å²) >= 11 is 0. The van der Waals surface area contributed by atoms with E-state index < -0.39 is 11.7 Å². The summed E-state index contributed by atoms with van der Waals surface area (Å²) in [4.78, 5) is 7.61. The first-order valence-corrected chi connectivity index (χ1v) is 8.27. The number of anilines is 2. The Hall–Kier alpha value is -3.29. The van der Waals surface area contributed by atoms with Gasteiger partial charge in [0.05, 0.1) is 22.3 Å². The number of H-pyrrole nitrogens is 2. The summed E-state index contributed by atoms with van der Waals surface area (Å²) in [5, 5.41) is 10.2. The summed E-state index contributed by atoms with van der Waals surface area (Å²) in [7, 11) is 0. The molecule has 8 heteroatoms. The number of rotatable bonds is 3. The standard InChI is InChI=1S/C19H16F3N5/c1-10-17(11(2)27-26-10)12-3-8-15-16(9-12)25-18(24-15)23-14-6-4-13(5-7-14)19(20,21)22/h3-9H,1-2H3,(H,26,27)(H2,23,24,25). The molecular weight excluding hydrogens is 355 g/mol. The Kier molecular flexibility index (Phi) is 3.91. The highest BCUT2D eigenvalue weighted by molar-refractivity contribution is 5.85. The number of imidazole rings is 1. The van der Waals surface area contributed by atoms with Crippen molar-refractivity contribution in [2.75, 3.05) is 5.32 Å². The molecule has 138 valence electrons. The molecule has 0 fully saturated rings. The lowest BCUT2D eigenvalue weighted by Crippen LogP contribution is -2.04. The number of aromatic amines is 2. The highest BCUT2D eigenvalue weighted by Crippen LogP contribution is 2.31. The number of hydrogen-bond acceptors (Lipinski definition) is 3. The van der Waals surface area contributed by atoms with Gasteiger partial charge >= 0.3 is 6.18 Å². The molecule has 3 N–H and O–H groups in total. The van der Waals surface area contributed by atoms with Gasteiger partial charge in [0.25, 0.3) is 0 Å². The van der Waals surface area contributed by atoms with Crippen LogP contribution in [0.15, 0.2) is 42.5 Å². The average molecular weight is 371 g/mol. The van der Waals surface area contributed by atoms with E-state index in [1.165, 1.54) is 12.1 Å². The number of alkyl halides is 3. The van der Waals surface area contributed by atoms with Gasteiger partial charge in [0.1, 0.15) is 0 Å². The van der Waals surface area contributed by atoms with Crippen molar-refractivity contribution < 1.29 is 13.2 Å². The van der Waals surface area contributed by atoms with Gasteiger partial charge in [-0.1, -0.05) is 6.07 Å². The van der Waals surface area contributed by atoms with Crippen LogP contribution in [0.3, 0.4) is 0 Å². The molecule has 5 nitrogen and oxygen atoms in total. The monoisotopic (exact) mass is 371 g/mol. The van der Waals surface area contributed by atoms with Gasteiger partial charge in [-0.15, -0.1) is 0 Å². The molecular formula is C19H16F3N5. The van der Waals surface area contributed by atoms with Crippen LogP contribution in [0.5, 0.6) is 0 Å². The van der Waals surface area contributed by atoms with Crippen LogP contribution in [-0.4, -0.2) is 20.2 Å². The fraction of sp³-hybridized carbons (Fsp3) is 0.158. The van der Waals surface area contributed by atoms with Gasteiger partial charge in [-0.3, -0.25) is 5.10 Å². The van der Waals surface area contributed by atoms with Crippen LogP contribution >= 0.6 is 0 Å². The SMILES string of the molecule is Cc1n[nH]c(C)c1-c1ccc2[nH]c(Nc3ccc(C(F)(F)F)cc3)nc2c1. The third kappa shape index (κ3) is 3.25. The van der Waals surface area contributed by atoms with E-state index in [1.54, 1.807) is 0 Å². The third-order valence-electron chi connectivity index (χ3n) is 4.37. The first-order chi connectivity index (χ1) is 12.8. The molecule has 0 radical (unpaired) electrons. The maximum atomic E-state index is 12.7. The van der Waals surface area contributed by atoms with Gasteiger partial charge in [-0.05, 0) is 55.8 Å². The van der Waals surface area contributed by atoms with Crippen LogP contribution < -0.4 is 5.32 Å². The molecule has 0 aliphatic rings. The van der Waals surface area contributed by atoms with Crippen molar-refractivity contribution in [3.63, 3.8) is 0 Å². The van der Waals surface area contributed by atoms with E-state index in [2.05, 4.69) is 25.5 Å². The molecule has 0 unspecified atom stereocenters. The van der Waals surface area contributed by atoms with Crippen molar-refractivity contribution in [2.45, 2.75) is 20.0 Å². The molecule has 4 aromatic rings. The van der Waals surface area contributed by atoms with Crippen LogP contribution in [-0.2, 0) is 6.18 Å². The smallest absolute Gasteiger partial charge is 0.326 e. The molecule has 0 saturated heterocycles. The number of fused-ring (bicyclic) bond motifs is 1. The van der Waals surface area contributed by atoms with Gasteiger partial charge in [0.15, 0.2) is 0 Å². The van der Waals surface area contributed by atoms with Crippen molar-refractivity contribution in [1.29, 1.82) is 0 Å². The predicted molar refractivity (Wildman–Crippen MR) is 97.9 cm³/mol. The molecule has 0 aliphatic carbocycles. The second-order valence-electron chi connectivity index (χ2n) is 6.33. The number of hydrogen-bond donors (Lipinski definition) is 3. The van der Waals surface area contributed by atoms with E-state index >= 15 is 0 Å². The molecule has 0 atom stereocenters. The summed E-state index contributed by atoms with van der Waals surface area (Å²) in [6.45, 7) is 3.90. The largest absolute Gasteiger partial charge is 0.416 e. The van der Waals surface area contributed by atoms with Crippen LogP contribution in [0.4, 0.5) is 24.8 Å². The Morgan fingerprint density at radius 3 is 2.37 bits per heavy atom. The van der Waals surface area contributed by atoms with E-state index in [0.29, 0.717) is 11.6 Å². The third-order valence-corrected chi connectivity index (χ3v) is 4.37. The van der Waals surface area contributed by atoms with E-state index in [1.807, 2.05) is 32.0 Å². The Balaban J connectivity index is 1.62. The number of benzene rings is 2. The lowest BCUT2D eigenvalue weighted by molar-refractivity contribution is -0.137. The van der Waals surface area contributed by atoms with E-state index in [9.17, 15) is 13.2 Å². The Morgan fingerprint density at radius 2 is 1.74 bits per heavy atom. The van der Waals surface area contributed by atoms with Crippen molar-refractivity contribution in [3.05, 3.63) is 59.4 Å². The highest BCUT2D eigenvalue weighted by Gasteiger charge is 2.29. The van der Waals surface area contributed by atoms with Crippen LogP contribution in [0.2, 0.25) is 0 Å². The van der Waals surface area contributed by atoms with Gasteiger partial charge < -0.3 is 10.3 Å². The Bertz CT molecular complexity index is 1090. The maximum absolute atomic E-state index is 12.7. The van der Waals surface area contributed by atoms with Gasteiger partial charge in [0.2, 0.25) is 5.95 Å². The predicted octanol–water partition coefficient (Wildman–Crippen LogP) is 5.33. The summed E-state index contributed by atoms with van der Waals surface area (Å²) in [6.07, 6.45) is -4.35. The van der Waals surface area contributed by atoms with E-state index in [-0.39, 0.29) is 0 Å². The van der Waals surface area contributed by atoms with Gasteiger partial charge in [-0.2, -0.15) is 18.3 Å². The summed E-state index contributed by atoms with van der Waals surface area (Å²) < 4.78 is 38.0. The van der Waals surface area contributed by atoms with Crippen LogP contribution in [0.25, 0.3) is 22.2 Å². The number of halogens is 3. The normalized spacial score (nSPS) is 11.9. The second kappa shape index (κ2) is 6.15. The summed E-state index contributed by atoms with van der Waals surface area (Å²) in [5.74, 6) is 0.461. The van der Waals surface area contributed by atoms with Crippen molar-refractivity contribution in [1.82, 2.24) is 20.2 Å². The fourth-order valence-electron chi connectivity index (χ4n) is 3.08. The minimum absolute atomic E-state index is 0.461. The number of aryl methyl sites for hydroxylation is 2. The van der Waals surface area contributed by atoms with Crippen molar-refractivity contribution in [2.24, 2.45) is 0 Å². The van der Waals surface area contributed by atoms with Gasteiger partial charge in [0, 0.05) is 16.9 Å². The lowest BCUT2D eigenvalue weighted by Gasteiger charge is -2.07. The molecule has 2 aromatic carbocycles. The van der Waals surface area contributed by atoms with Gasteiger partial charge in [-0.25, -0.2) is 4.98 Å². The zero-order valence-corrected chi connectivity index (χ0v) is 14.6. The zero-order chi connectivity index (χ0) is 19.2. The second-order valence-corrected chi connectivity index (χ2v) is 6.33. The quantitative estimate of drug-likeness (QED) is 0.456. The van der Waals surface area contributed by atoms with E-state index in [4.69, 9.17) is 0 Å². The highest BCUT2D eigenvalue weighted by atomic mass is 19.4. The molecule has 0 spiro atoms. The molecule has 0 bridgehead atoms. The fourth-order valence-corrected chi connectivity index (χ4v) is 3.08. The molecule has 4 rings (SSSR count). The Labute approximate surface area is 152 Å². The molecule has 0 saturated carbocycles. The van der Waals surface area contributed by atoms with Crippen LogP contribution in [0, 0.1) is 13.8 Å². The number of nitrogens with zero attached hydrogens (tertiary/aromatic N) is 2. The lowest BCUT2D eigenvalue weighted by atomic mass is 10.0. The van der Waals surface area contributed by atoms with E-state index in [0.717, 1.165) is 45.7 Å². The minimum Gasteiger partial charge on any atom is -0.326 e. The number of aromatic nitrogens is 4. The first-order valence-electron chi connectivity index (χ1n) is 8.27. The van der Waals surface area contributed by atoms with Crippen molar-refractivity contribution in [3.8, 4) is 11.1 Å². The van der Waals surface area contributed by atoms with Crippen LogP contribution in [0.1, 0.15) is 17.0 Å². The molecule has 27 heavy (non-hydrogen) atoms. The molecule has 2 heterocycles. The Morgan fingerprint density at radius 1 is 1.00 bits per heavy atom. The van der Waals surface area contributed by atoms with Crippen molar-refractivity contribution >= 4 is 22.7 Å². The number of nitrogens with one attached hydrogen (secondary N) is 3. The average Bonchev–Trinajstić information content (AvgIpc) is 3.16. The molecule has 0 aliphatic heterocycles.